The first-order chi connectivity index (χ1) is 9.47. The smallest absolute Gasteiger partial charge is 0.0163 e. The summed E-state index contributed by atoms with van der Waals surface area (Å²) >= 11 is 0. The molecule has 1 aliphatic carbocycles. The van der Waals surface area contributed by atoms with Gasteiger partial charge in [-0.15, -0.1) is 34.9 Å². The predicted molar refractivity (Wildman–Crippen MR) is 83.9 cm³/mol. The average molecular weight is 457 g/mol. The maximum absolute atomic E-state index is 4.52. The summed E-state index contributed by atoms with van der Waals surface area (Å²) in [5, 5.41) is 0. The van der Waals surface area contributed by atoms with Crippen LogP contribution in [0, 0.1) is 6.07 Å². The number of aromatic nitrogens is 1. The Bertz CT molecular complexity index is 644. The van der Waals surface area contributed by atoms with Crippen LogP contribution in [0.2, 0.25) is 0 Å². The van der Waals surface area contributed by atoms with Crippen LogP contribution in [0.15, 0.2) is 30.5 Å². The van der Waals surface area contributed by atoms with Crippen LogP contribution < -0.4 is 0 Å². The van der Waals surface area contributed by atoms with E-state index in [-0.39, 0.29) is 20.1 Å². The van der Waals surface area contributed by atoms with Crippen molar-refractivity contribution < 1.29 is 20.1 Å². The number of aryl methyl sites for hydroxylation is 1. The molecule has 0 fully saturated rings. The summed E-state index contributed by atoms with van der Waals surface area (Å²) in [6, 6.07) is 12.2. The third-order valence-corrected chi connectivity index (χ3v) is 4.51. The largest absolute Gasteiger partial charge is 0.305 e. The Hall–Kier alpha value is -0.981. The van der Waals surface area contributed by atoms with E-state index in [2.05, 4.69) is 63.0 Å². The van der Waals surface area contributed by atoms with Crippen LogP contribution in [0.3, 0.4) is 0 Å². The van der Waals surface area contributed by atoms with E-state index < -0.39 is 0 Å². The third-order valence-electron chi connectivity index (χ3n) is 4.51. The van der Waals surface area contributed by atoms with Crippen LogP contribution in [0.4, 0.5) is 0 Å². The molecule has 0 bridgehead atoms. The zero-order valence-electron chi connectivity index (χ0n) is 13.2. The molecular formula is C19H22IrN-. The number of hydrogen-bond acceptors (Lipinski definition) is 1. The molecule has 0 atom stereocenters. The van der Waals surface area contributed by atoms with E-state index in [1.807, 2.05) is 6.20 Å². The minimum atomic E-state index is 0. The Morgan fingerprint density at radius 3 is 2.71 bits per heavy atom. The SMILES string of the molecule is CC(C)c1ccnc(-c2[c-]cc3c(c2)CCC3(C)C)c1.[Ir]. The van der Waals surface area contributed by atoms with Gasteiger partial charge in [0.1, 0.15) is 0 Å². The minimum Gasteiger partial charge on any atom is -0.305 e. The summed E-state index contributed by atoms with van der Waals surface area (Å²) in [5.41, 5.74) is 6.75. The topological polar surface area (TPSA) is 12.9 Å². The molecule has 1 aliphatic rings. The molecule has 0 spiro atoms. The van der Waals surface area contributed by atoms with Gasteiger partial charge in [0.25, 0.3) is 0 Å². The van der Waals surface area contributed by atoms with Crippen LogP contribution in [0.1, 0.15) is 56.7 Å². The van der Waals surface area contributed by atoms with Gasteiger partial charge in [-0.25, -0.2) is 0 Å². The maximum atomic E-state index is 4.52. The quantitative estimate of drug-likeness (QED) is 0.586. The maximum Gasteiger partial charge on any atom is 0.0163 e. The van der Waals surface area contributed by atoms with Crippen molar-refractivity contribution >= 4 is 0 Å². The summed E-state index contributed by atoms with van der Waals surface area (Å²) in [5.74, 6) is 0.533. The van der Waals surface area contributed by atoms with Crippen molar-refractivity contribution in [1.82, 2.24) is 4.98 Å². The summed E-state index contributed by atoms with van der Waals surface area (Å²) in [6.07, 6.45) is 4.32. The first-order valence-electron chi connectivity index (χ1n) is 7.49. The second-order valence-electron chi connectivity index (χ2n) is 6.80. The van der Waals surface area contributed by atoms with E-state index in [0.29, 0.717) is 11.3 Å². The first-order valence-corrected chi connectivity index (χ1v) is 7.49. The molecule has 0 saturated heterocycles. The molecule has 1 aromatic carbocycles. The molecule has 21 heavy (non-hydrogen) atoms. The molecule has 1 aromatic heterocycles. The van der Waals surface area contributed by atoms with E-state index in [1.165, 1.54) is 29.5 Å². The molecule has 0 amide bonds. The molecule has 0 N–H and O–H groups in total. The Labute approximate surface area is 141 Å². The molecule has 1 radical (unpaired) electrons. The second-order valence-corrected chi connectivity index (χ2v) is 6.80. The Morgan fingerprint density at radius 1 is 1.24 bits per heavy atom. The van der Waals surface area contributed by atoms with Crippen LogP contribution >= 0.6 is 0 Å². The minimum absolute atomic E-state index is 0. The van der Waals surface area contributed by atoms with Crippen molar-refractivity contribution in [3.05, 3.63) is 53.2 Å². The van der Waals surface area contributed by atoms with E-state index >= 15 is 0 Å². The summed E-state index contributed by atoms with van der Waals surface area (Å²) in [4.78, 5) is 4.52. The normalized spacial score (nSPS) is 15.7. The number of rotatable bonds is 2. The number of fused-ring (bicyclic) bond motifs is 1. The van der Waals surface area contributed by atoms with Gasteiger partial charge in [0.05, 0.1) is 0 Å². The fourth-order valence-electron chi connectivity index (χ4n) is 3.06. The monoisotopic (exact) mass is 457 g/mol. The molecule has 113 valence electrons. The van der Waals surface area contributed by atoms with Crippen molar-refractivity contribution in [3.8, 4) is 11.3 Å². The first kappa shape index (κ1) is 16.4. The molecular weight excluding hydrogens is 434 g/mol. The van der Waals surface area contributed by atoms with Gasteiger partial charge in [-0.2, -0.15) is 0 Å². The summed E-state index contributed by atoms with van der Waals surface area (Å²) in [7, 11) is 0. The third kappa shape index (κ3) is 3.12. The standard InChI is InChI=1S/C19H22N.Ir/c1-13(2)14-8-10-20-18(12-14)16-5-6-17-15(11-16)7-9-19(17,3)4;/h6,8,10-13H,7,9H2,1-4H3;/q-1;. The predicted octanol–water partition coefficient (Wildman–Crippen LogP) is 4.89. The van der Waals surface area contributed by atoms with Crippen molar-refractivity contribution in [3.63, 3.8) is 0 Å². The van der Waals surface area contributed by atoms with Crippen molar-refractivity contribution in [1.29, 1.82) is 0 Å². The number of hydrogen-bond donors (Lipinski definition) is 0. The fourth-order valence-corrected chi connectivity index (χ4v) is 3.06. The van der Waals surface area contributed by atoms with Gasteiger partial charge < -0.3 is 4.98 Å². The Kier molecular flexibility index (Phi) is 4.70. The van der Waals surface area contributed by atoms with Gasteiger partial charge in [-0.3, -0.25) is 0 Å². The van der Waals surface area contributed by atoms with Gasteiger partial charge in [0, 0.05) is 26.3 Å². The van der Waals surface area contributed by atoms with Gasteiger partial charge >= 0.3 is 0 Å². The van der Waals surface area contributed by atoms with Gasteiger partial charge in [0.15, 0.2) is 0 Å². The Balaban J connectivity index is 0.00000161. The van der Waals surface area contributed by atoms with Crippen LogP contribution in [-0.2, 0) is 31.9 Å². The number of pyridine rings is 1. The molecule has 0 saturated carbocycles. The molecule has 1 nitrogen and oxygen atoms in total. The average Bonchev–Trinajstić information content (AvgIpc) is 2.74. The molecule has 0 unspecified atom stereocenters. The number of nitrogens with zero attached hydrogens (tertiary/aromatic N) is 1. The fraction of sp³-hybridized carbons (Fsp3) is 0.421. The van der Waals surface area contributed by atoms with Crippen molar-refractivity contribution in [2.24, 2.45) is 0 Å². The van der Waals surface area contributed by atoms with Gasteiger partial charge in [-0.05, 0) is 35.9 Å². The molecule has 0 aliphatic heterocycles. The summed E-state index contributed by atoms with van der Waals surface area (Å²) in [6.45, 7) is 9.08. The second kappa shape index (κ2) is 6.02. The summed E-state index contributed by atoms with van der Waals surface area (Å²) < 4.78 is 0. The zero-order valence-corrected chi connectivity index (χ0v) is 15.6. The van der Waals surface area contributed by atoms with E-state index in [0.717, 1.165) is 11.3 Å². The van der Waals surface area contributed by atoms with Gasteiger partial charge in [0.2, 0.25) is 0 Å². The zero-order chi connectivity index (χ0) is 14.3. The number of benzene rings is 1. The van der Waals surface area contributed by atoms with Crippen LogP contribution in [-0.4, -0.2) is 4.98 Å². The molecule has 2 heteroatoms. The van der Waals surface area contributed by atoms with Crippen molar-refractivity contribution in [2.75, 3.05) is 0 Å². The van der Waals surface area contributed by atoms with Crippen molar-refractivity contribution in [2.45, 2.75) is 51.9 Å². The molecule has 1 heterocycles. The van der Waals surface area contributed by atoms with Crippen LogP contribution in [0.5, 0.6) is 0 Å². The van der Waals surface area contributed by atoms with E-state index in [9.17, 15) is 0 Å². The van der Waals surface area contributed by atoms with Gasteiger partial charge in [-0.1, -0.05) is 39.3 Å². The van der Waals surface area contributed by atoms with Crippen LogP contribution in [0.25, 0.3) is 11.3 Å². The molecule has 2 aromatic rings. The molecule has 3 rings (SSSR count). The van der Waals surface area contributed by atoms with E-state index in [4.69, 9.17) is 0 Å². The van der Waals surface area contributed by atoms with E-state index in [1.54, 1.807) is 0 Å². The Morgan fingerprint density at radius 2 is 2.00 bits per heavy atom.